The molecule has 0 saturated heterocycles. The molecule has 19 heavy (non-hydrogen) atoms. The molecule has 0 aliphatic carbocycles. The molecule has 0 aromatic heterocycles. The monoisotopic (exact) mass is 277 g/mol. The number of halogens is 1. The summed E-state index contributed by atoms with van der Waals surface area (Å²) in [5.74, 6) is -0.0659. The van der Waals surface area contributed by atoms with Gasteiger partial charge in [0, 0.05) is 12.0 Å². The molecule has 100 valence electrons. The summed E-state index contributed by atoms with van der Waals surface area (Å²) in [6.45, 7) is 0. The maximum atomic E-state index is 10.2. The number of hydrogen-bond acceptors (Lipinski definition) is 3. The Morgan fingerprint density at radius 3 is 2.42 bits per heavy atom. The van der Waals surface area contributed by atoms with Crippen LogP contribution in [0.4, 0.5) is 0 Å². The second-order valence-corrected chi connectivity index (χ2v) is 4.87. The van der Waals surface area contributed by atoms with Crippen molar-refractivity contribution in [3.05, 3.63) is 64.7 Å². The first kappa shape index (κ1) is 13.9. The van der Waals surface area contributed by atoms with Crippen molar-refractivity contribution in [3.8, 4) is 5.75 Å². The molecule has 0 fully saturated rings. The fourth-order valence-corrected chi connectivity index (χ4v) is 2.17. The zero-order chi connectivity index (χ0) is 13.8. The van der Waals surface area contributed by atoms with Crippen molar-refractivity contribution < 1.29 is 10.2 Å². The van der Waals surface area contributed by atoms with E-state index in [9.17, 15) is 10.2 Å². The van der Waals surface area contributed by atoms with Gasteiger partial charge in [-0.15, -0.1) is 0 Å². The van der Waals surface area contributed by atoms with E-state index in [0.717, 1.165) is 5.56 Å². The number of rotatable bonds is 4. The lowest BCUT2D eigenvalue weighted by Crippen LogP contribution is -2.28. The summed E-state index contributed by atoms with van der Waals surface area (Å²) in [5.41, 5.74) is 7.43. The molecule has 4 heteroatoms. The van der Waals surface area contributed by atoms with E-state index in [1.807, 2.05) is 30.3 Å². The molecule has 0 saturated carbocycles. The summed E-state index contributed by atoms with van der Waals surface area (Å²) in [4.78, 5) is 0. The number of aromatic hydroxyl groups is 1. The third kappa shape index (κ3) is 3.26. The van der Waals surface area contributed by atoms with Gasteiger partial charge in [0.15, 0.2) is 0 Å². The topological polar surface area (TPSA) is 66.5 Å². The lowest BCUT2D eigenvalue weighted by atomic mass is 9.96. The Balaban J connectivity index is 2.15. The van der Waals surface area contributed by atoms with Crippen molar-refractivity contribution in [2.24, 2.45) is 5.73 Å². The predicted molar refractivity (Wildman–Crippen MR) is 76.2 cm³/mol. The summed E-state index contributed by atoms with van der Waals surface area (Å²) in [5, 5.41) is 20.3. The van der Waals surface area contributed by atoms with Gasteiger partial charge in [0.25, 0.3) is 0 Å². The van der Waals surface area contributed by atoms with Crippen molar-refractivity contribution in [2.45, 2.75) is 18.6 Å². The predicted octanol–water partition coefficient (Wildman–Crippen LogP) is 2.65. The van der Waals surface area contributed by atoms with Crippen molar-refractivity contribution >= 4 is 11.6 Å². The first-order valence-electron chi connectivity index (χ1n) is 6.04. The molecule has 0 spiro atoms. The summed E-state index contributed by atoms with van der Waals surface area (Å²) in [7, 11) is 0. The summed E-state index contributed by atoms with van der Waals surface area (Å²) in [6, 6.07) is 13.8. The maximum Gasteiger partial charge on any atom is 0.139 e. The third-order valence-corrected chi connectivity index (χ3v) is 3.38. The van der Waals surface area contributed by atoms with Gasteiger partial charge in [-0.2, -0.15) is 0 Å². The van der Waals surface area contributed by atoms with Crippen LogP contribution in [0, 0.1) is 0 Å². The molecule has 0 radical (unpaired) electrons. The van der Waals surface area contributed by atoms with Crippen LogP contribution in [0.15, 0.2) is 48.5 Å². The first-order chi connectivity index (χ1) is 9.09. The summed E-state index contributed by atoms with van der Waals surface area (Å²) < 4.78 is 0. The lowest BCUT2D eigenvalue weighted by Gasteiger charge is -2.20. The van der Waals surface area contributed by atoms with E-state index in [4.69, 9.17) is 17.3 Å². The molecular formula is C15H16ClNO2. The summed E-state index contributed by atoms with van der Waals surface area (Å²) in [6.07, 6.45) is -0.361. The van der Waals surface area contributed by atoms with E-state index in [1.165, 1.54) is 0 Å². The number of phenolic OH excluding ortho intramolecular Hbond substituents is 1. The van der Waals surface area contributed by atoms with Crippen molar-refractivity contribution in [1.29, 1.82) is 0 Å². The number of hydrogen-bond donors (Lipinski definition) is 3. The average molecular weight is 278 g/mol. The van der Waals surface area contributed by atoms with Gasteiger partial charge in [-0.1, -0.05) is 54.1 Å². The van der Waals surface area contributed by atoms with Gasteiger partial charge in [-0.05, 0) is 11.6 Å². The van der Waals surface area contributed by atoms with Crippen molar-refractivity contribution in [3.63, 3.8) is 0 Å². The fraction of sp³-hybridized carbons (Fsp3) is 0.200. The minimum atomic E-state index is -0.785. The van der Waals surface area contributed by atoms with Gasteiger partial charge in [0.1, 0.15) is 5.75 Å². The van der Waals surface area contributed by atoms with Gasteiger partial charge in [0.05, 0.1) is 17.2 Å². The van der Waals surface area contributed by atoms with Crippen LogP contribution in [-0.4, -0.2) is 16.3 Å². The minimum absolute atomic E-state index is 0.0659. The Kier molecular flexibility index (Phi) is 4.43. The standard InChI is InChI=1S/C15H16ClNO2/c16-12-8-4-7-11(15(12)19)14(17)13(18)9-10-5-2-1-3-6-10/h1-8,13-14,18-19H,9,17H2/t13-,14+/m0/s1. The molecule has 0 heterocycles. The molecule has 2 atom stereocenters. The van der Waals surface area contributed by atoms with Crippen LogP contribution in [0.25, 0.3) is 0 Å². The van der Waals surface area contributed by atoms with Gasteiger partial charge >= 0.3 is 0 Å². The minimum Gasteiger partial charge on any atom is -0.506 e. The largest absolute Gasteiger partial charge is 0.506 e. The van der Waals surface area contributed by atoms with Crippen LogP contribution < -0.4 is 5.73 Å². The third-order valence-electron chi connectivity index (χ3n) is 3.08. The summed E-state index contributed by atoms with van der Waals surface area (Å²) >= 11 is 5.84. The number of aliphatic hydroxyl groups is 1. The zero-order valence-corrected chi connectivity index (χ0v) is 11.1. The Morgan fingerprint density at radius 2 is 1.74 bits per heavy atom. The van der Waals surface area contributed by atoms with E-state index >= 15 is 0 Å². The quantitative estimate of drug-likeness (QED) is 0.805. The SMILES string of the molecule is N[C@H](c1cccc(Cl)c1O)[C@@H](O)Cc1ccccc1. The Morgan fingerprint density at radius 1 is 1.05 bits per heavy atom. The van der Waals surface area contributed by atoms with Gasteiger partial charge in [0.2, 0.25) is 0 Å². The second-order valence-electron chi connectivity index (χ2n) is 4.46. The van der Waals surface area contributed by atoms with Crippen LogP contribution >= 0.6 is 11.6 Å². The molecule has 4 N–H and O–H groups in total. The lowest BCUT2D eigenvalue weighted by molar-refractivity contribution is 0.144. The molecule has 2 aromatic rings. The highest BCUT2D eigenvalue weighted by Crippen LogP contribution is 2.32. The normalized spacial score (nSPS) is 14.1. The average Bonchev–Trinajstić information content (AvgIpc) is 2.42. The number of nitrogens with two attached hydrogens (primary N) is 1. The van der Waals surface area contributed by atoms with Crippen molar-refractivity contribution in [1.82, 2.24) is 0 Å². The Bertz CT molecular complexity index is 545. The molecular weight excluding hydrogens is 262 g/mol. The van der Waals surface area contributed by atoms with Crippen molar-refractivity contribution in [2.75, 3.05) is 0 Å². The van der Waals surface area contributed by atoms with Crippen LogP contribution in [0.3, 0.4) is 0 Å². The number of aliphatic hydroxyl groups excluding tert-OH is 1. The number of benzene rings is 2. The van der Waals surface area contributed by atoms with Gasteiger partial charge in [-0.3, -0.25) is 0 Å². The highest BCUT2D eigenvalue weighted by molar-refractivity contribution is 6.32. The fourth-order valence-electron chi connectivity index (χ4n) is 1.99. The van der Waals surface area contributed by atoms with E-state index < -0.39 is 12.1 Å². The molecule has 2 aromatic carbocycles. The molecule has 0 aliphatic rings. The van der Waals surface area contributed by atoms with Crippen LogP contribution in [0.1, 0.15) is 17.2 Å². The first-order valence-corrected chi connectivity index (χ1v) is 6.42. The highest BCUT2D eigenvalue weighted by atomic mass is 35.5. The molecule has 3 nitrogen and oxygen atoms in total. The Hall–Kier alpha value is -1.55. The van der Waals surface area contributed by atoms with Gasteiger partial charge < -0.3 is 15.9 Å². The molecule has 0 aliphatic heterocycles. The number of phenols is 1. The van der Waals surface area contributed by atoms with Crippen LogP contribution in [0.5, 0.6) is 5.75 Å². The zero-order valence-electron chi connectivity index (χ0n) is 10.3. The number of para-hydroxylation sites is 1. The molecule has 0 unspecified atom stereocenters. The molecule has 0 amide bonds. The Labute approximate surface area is 117 Å². The highest BCUT2D eigenvalue weighted by Gasteiger charge is 2.21. The molecule has 0 bridgehead atoms. The van der Waals surface area contributed by atoms with E-state index in [2.05, 4.69) is 0 Å². The van der Waals surface area contributed by atoms with Crippen LogP contribution in [0.2, 0.25) is 5.02 Å². The maximum absolute atomic E-state index is 10.2. The van der Waals surface area contributed by atoms with Crippen LogP contribution in [-0.2, 0) is 6.42 Å². The van der Waals surface area contributed by atoms with E-state index in [0.29, 0.717) is 12.0 Å². The smallest absolute Gasteiger partial charge is 0.139 e. The molecule has 2 rings (SSSR count). The van der Waals surface area contributed by atoms with Gasteiger partial charge in [-0.25, -0.2) is 0 Å². The van der Waals surface area contributed by atoms with E-state index in [1.54, 1.807) is 18.2 Å². The second kappa shape index (κ2) is 6.06. The van der Waals surface area contributed by atoms with E-state index in [-0.39, 0.29) is 10.8 Å².